The van der Waals surface area contributed by atoms with Crippen molar-refractivity contribution in [1.29, 1.82) is 0 Å². The largest absolute Gasteiger partial charge is 0.360 e. The molecule has 3 heterocycles. The molecule has 0 unspecified atom stereocenters. The third-order valence-electron chi connectivity index (χ3n) is 4.63. The first kappa shape index (κ1) is 17.9. The van der Waals surface area contributed by atoms with Crippen molar-refractivity contribution in [3.63, 3.8) is 0 Å². The molecule has 6 heteroatoms. The summed E-state index contributed by atoms with van der Waals surface area (Å²) in [4.78, 5) is 24.1. The van der Waals surface area contributed by atoms with E-state index in [9.17, 15) is 9.18 Å². The topological polar surface area (TPSA) is 70.7 Å². The molecule has 2 N–H and O–H groups in total. The quantitative estimate of drug-likeness (QED) is 0.383. The molecule has 0 radical (unpaired) electrons. The van der Waals surface area contributed by atoms with Crippen molar-refractivity contribution in [3.8, 4) is 0 Å². The van der Waals surface area contributed by atoms with Gasteiger partial charge in [-0.15, -0.1) is 0 Å². The molecule has 0 aliphatic carbocycles. The van der Waals surface area contributed by atoms with E-state index in [1.807, 2.05) is 44.2 Å². The Kier molecular flexibility index (Phi) is 4.61. The van der Waals surface area contributed by atoms with Gasteiger partial charge in [0.2, 0.25) is 5.95 Å². The lowest BCUT2D eigenvalue weighted by Crippen LogP contribution is -2.07. The number of H-pyrrole nitrogens is 1. The highest BCUT2D eigenvalue weighted by molar-refractivity contribution is 6.16. The van der Waals surface area contributed by atoms with Crippen LogP contribution in [0.5, 0.6) is 0 Å². The van der Waals surface area contributed by atoms with Crippen molar-refractivity contribution >= 4 is 28.2 Å². The Morgan fingerprint density at radius 2 is 2.00 bits per heavy atom. The zero-order chi connectivity index (χ0) is 19.7. The van der Waals surface area contributed by atoms with Gasteiger partial charge in [-0.2, -0.15) is 4.39 Å². The zero-order valence-corrected chi connectivity index (χ0v) is 15.6. The lowest BCUT2D eigenvalue weighted by molar-refractivity contribution is 0.103. The van der Waals surface area contributed by atoms with Gasteiger partial charge in [0.25, 0.3) is 0 Å². The molecule has 0 aliphatic heterocycles. The summed E-state index contributed by atoms with van der Waals surface area (Å²) in [5.41, 5.74) is 3.91. The second kappa shape index (κ2) is 7.23. The molecule has 5 nitrogen and oxygen atoms in total. The van der Waals surface area contributed by atoms with E-state index >= 15 is 0 Å². The van der Waals surface area contributed by atoms with Crippen molar-refractivity contribution < 1.29 is 9.18 Å². The van der Waals surface area contributed by atoms with Crippen LogP contribution in [-0.2, 0) is 6.42 Å². The molecule has 0 saturated carbocycles. The number of fused-ring (bicyclic) bond motifs is 1. The van der Waals surface area contributed by atoms with Gasteiger partial charge in [0, 0.05) is 28.4 Å². The Morgan fingerprint density at radius 1 is 1.14 bits per heavy atom. The number of hydrogen-bond donors (Lipinski definition) is 2. The summed E-state index contributed by atoms with van der Waals surface area (Å²) >= 11 is 0. The molecule has 1 aromatic carbocycles. The molecule has 4 aromatic rings. The van der Waals surface area contributed by atoms with Gasteiger partial charge in [-0.25, -0.2) is 4.98 Å². The number of aryl methyl sites for hydroxylation is 2. The van der Waals surface area contributed by atoms with Crippen molar-refractivity contribution in [3.05, 3.63) is 83.2 Å². The van der Waals surface area contributed by atoms with Crippen LogP contribution in [0, 0.1) is 12.9 Å². The monoisotopic (exact) mass is 374 g/mol. The summed E-state index contributed by atoms with van der Waals surface area (Å²) in [7, 11) is 0. The Hall–Kier alpha value is -3.54. The van der Waals surface area contributed by atoms with Crippen LogP contribution in [0.15, 0.2) is 54.9 Å². The van der Waals surface area contributed by atoms with Crippen molar-refractivity contribution in [2.45, 2.75) is 20.3 Å². The minimum absolute atomic E-state index is 0.0626. The molecule has 28 heavy (non-hydrogen) atoms. The maximum Gasteiger partial charge on any atom is 0.226 e. The number of anilines is 2. The summed E-state index contributed by atoms with van der Waals surface area (Å²) in [5.74, 6) is -0.896. The third kappa shape index (κ3) is 3.36. The minimum atomic E-state index is -0.810. The Bertz CT molecular complexity index is 1170. The fourth-order valence-corrected chi connectivity index (χ4v) is 3.10. The summed E-state index contributed by atoms with van der Waals surface area (Å²) in [6.45, 7) is 3.97. The predicted molar refractivity (Wildman–Crippen MR) is 108 cm³/mol. The molecule has 0 fully saturated rings. The van der Waals surface area contributed by atoms with E-state index < -0.39 is 11.7 Å². The number of benzene rings is 1. The summed E-state index contributed by atoms with van der Waals surface area (Å²) in [5, 5.41) is 3.77. The molecule has 0 amide bonds. The Labute approximate surface area is 161 Å². The molecule has 4 rings (SSSR count). The van der Waals surface area contributed by atoms with E-state index in [1.54, 1.807) is 18.5 Å². The van der Waals surface area contributed by atoms with Gasteiger partial charge >= 0.3 is 0 Å². The summed E-state index contributed by atoms with van der Waals surface area (Å²) < 4.78 is 14.6. The van der Waals surface area contributed by atoms with Gasteiger partial charge in [-0.05, 0) is 49.7 Å². The first-order chi connectivity index (χ1) is 13.5. The van der Waals surface area contributed by atoms with Gasteiger partial charge in [0.15, 0.2) is 5.78 Å². The fourth-order valence-electron chi connectivity index (χ4n) is 3.10. The fraction of sp³-hybridized carbons (Fsp3) is 0.136. The van der Waals surface area contributed by atoms with E-state index in [0.717, 1.165) is 28.6 Å². The third-order valence-corrected chi connectivity index (χ3v) is 4.63. The van der Waals surface area contributed by atoms with Gasteiger partial charge < -0.3 is 10.3 Å². The molecule has 140 valence electrons. The number of aromatic nitrogens is 3. The second-order valence-electron chi connectivity index (χ2n) is 6.63. The van der Waals surface area contributed by atoms with E-state index in [0.29, 0.717) is 17.1 Å². The first-order valence-corrected chi connectivity index (χ1v) is 9.06. The number of halogens is 1. The van der Waals surface area contributed by atoms with Crippen LogP contribution in [0.3, 0.4) is 0 Å². The van der Waals surface area contributed by atoms with Crippen LogP contribution < -0.4 is 5.32 Å². The van der Waals surface area contributed by atoms with Gasteiger partial charge in [0.05, 0.1) is 17.4 Å². The zero-order valence-electron chi connectivity index (χ0n) is 15.6. The number of rotatable bonds is 5. The molecule has 0 saturated heterocycles. The Morgan fingerprint density at radius 3 is 2.71 bits per heavy atom. The number of aromatic amines is 1. The standard InChI is InChI=1S/C22H19FN4O/c1-3-14-5-6-15(11-24-14)26-20-9-7-16(22(23)27-20)21(28)18-12-25-19-8-4-13(2)10-17(18)19/h4-12,25H,3H2,1-2H3,(H,26,27). The molecule has 0 atom stereocenters. The van der Waals surface area contributed by atoms with Crippen molar-refractivity contribution in [2.24, 2.45) is 0 Å². The predicted octanol–water partition coefficient (Wildman–Crippen LogP) is 4.94. The second-order valence-corrected chi connectivity index (χ2v) is 6.63. The number of carbonyl (C=O) groups is 1. The molecule has 0 aliphatic rings. The SMILES string of the molecule is CCc1ccc(Nc2ccc(C(=O)c3c[nH]c4ccc(C)cc34)c(F)n2)cn1. The van der Waals surface area contributed by atoms with Crippen LogP contribution in [-0.4, -0.2) is 20.7 Å². The maximum absolute atomic E-state index is 14.6. The lowest BCUT2D eigenvalue weighted by atomic mass is 10.0. The number of pyridine rings is 2. The molecular formula is C22H19FN4O. The number of carbonyl (C=O) groups excluding carboxylic acids is 1. The van der Waals surface area contributed by atoms with Gasteiger partial charge in [-0.3, -0.25) is 9.78 Å². The van der Waals surface area contributed by atoms with E-state index in [1.165, 1.54) is 6.07 Å². The average molecular weight is 374 g/mol. The van der Waals surface area contributed by atoms with Crippen LogP contribution in [0.2, 0.25) is 0 Å². The highest BCUT2D eigenvalue weighted by Gasteiger charge is 2.19. The van der Waals surface area contributed by atoms with E-state index in [-0.39, 0.29) is 5.56 Å². The maximum atomic E-state index is 14.6. The van der Waals surface area contributed by atoms with E-state index in [2.05, 4.69) is 20.3 Å². The van der Waals surface area contributed by atoms with Crippen molar-refractivity contribution in [1.82, 2.24) is 15.0 Å². The highest BCUT2D eigenvalue weighted by atomic mass is 19.1. The minimum Gasteiger partial charge on any atom is -0.360 e. The molecule has 0 bridgehead atoms. The molecule has 3 aromatic heterocycles. The number of hydrogen-bond acceptors (Lipinski definition) is 4. The number of ketones is 1. The number of nitrogens with one attached hydrogen (secondary N) is 2. The van der Waals surface area contributed by atoms with Crippen LogP contribution >= 0.6 is 0 Å². The van der Waals surface area contributed by atoms with E-state index in [4.69, 9.17) is 0 Å². The molecule has 0 spiro atoms. The highest BCUT2D eigenvalue weighted by Crippen LogP contribution is 2.24. The van der Waals surface area contributed by atoms with Crippen LogP contribution in [0.4, 0.5) is 15.9 Å². The summed E-state index contributed by atoms with van der Waals surface area (Å²) in [6, 6.07) is 12.6. The molecular weight excluding hydrogens is 355 g/mol. The Balaban J connectivity index is 1.61. The smallest absolute Gasteiger partial charge is 0.226 e. The average Bonchev–Trinajstić information content (AvgIpc) is 3.11. The van der Waals surface area contributed by atoms with Crippen molar-refractivity contribution in [2.75, 3.05) is 5.32 Å². The van der Waals surface area contributed by atoms with Crippen LogP contribution in [0.1, 0.15) is 34.1 Å². The lowest BCUT2D eigenvalue weighted by Gasteiger charge is -2.08. The van der Waals surface area contributed by atoms with Gasteiger partial charge in [0.1, 0.15) is 5.82 Å². The normalized spacial score (nSPS) is 11.0. The first-order valence-electron chi connectivity index (χ1n) is 9.06. The summed E-state index contributed by atoms with van der Waals surface area (Å²) in [6.07, 6.45) is 4.13. The van der Waals surface area contributed by atoms with Crippen LogP contribution in [0.25, 0.3) is 10.9 Å². The number of nitrogens with zero attached hydrogens (tertiary/aromatic N) is 2. The van der Waals surface area contributed by atoms with Gasteiger partial charge in [-0.1, -0.05) is 18.6 Å².